The molecule has 2 aromatic rings. The Hall–Kier alpha value is -3.15. The number of hydrogen-bond donors (Lipinski definition) is 1. The highest BCUT2D eigenvalue weighted by Gasteiger charge is 2.21. The van der Waals surface area contributed by atoms with Crippen molar-refractivity contribution in [1.29, 1.82) is 0 Å². The van der Waals surface area contributed by atoms with E-state index in [2.05, 4.69) is 6.92 Å². The van der Waals surface area contributed by atoms with Gasteiger partial charge in [-0.1, -0.05) is 12.1 Å². The molecule has 1 aliphatic rings. The van der Waals surface area contributed by atoms with Crippen LogP contribution in [0, 0.1) is 17.0 Å². The number of nitrogens with zero attached hydrogens (tertiary/aromatic N) is 1. The average molecular weight is 339 g/mol. The van der Waals surface area contributed by atoms with E-state index >= 15 is 0 Å². The monoisotopic (exact) mass is 339 g/mol. The molecule has 0 amide bonds. The Labute approximate surface area is 144 Å². The van der Waals surface area contributed by atoms with Gasteiger partial charge in [0.05, 0.1) is 4.92 Å². The number of carboxylic acid groups (broad SMARTS) is 1. The Morgan fingerprint density at radius 1 is 1.20 bits per heavy atom. The lowest BCUT2D eigenvalue weighted by Gasteiger charge is -2.12. The molecular weight excluding hydrogens is 322 g/mol. The second kappa shape index (κ2) is 6.76. The number of carboxylic acids is 1. The Morgan fingerprint density at radius 2 is 1.92 bits per heavy atom. The normalized spacial score (nSPS) is 13.0. The van der Waals surface area contributed by atoms with E-state index in [1.54, 1.807) is 6.07 Å². The quantitative estimate of drug-likeness (QED) is 0.499. The summed E-state index contributed by atoms with van der Waals surface area (Å²) >= 11 is 0. The van der Waals surface area contributed by atoms with E-state index in [0.29, 0.717) is 11.3 Å². The molecule has 2 aromatic carbocycles. The summed E-state index contributed by atoms with van der Waals surface area (Å²) in [5, 5.41) is 20.0. The molecule has 0 aliphatic heterocycles. The van der Waals surface area contributed by atoms with Crippen LogP contribution in [0.2, 0.25) is 0 Å². The number of ether oxygens (including phenoxy) is 1. The summed E-state index contributed by atoms with van der Waals surface area (Å²) in [5.74, 6) is -0.316. The summed E-state index contributed by atoms with van der Waals surface area (Å²) in [4.78, 5) is 21.4. The van der Waals surface area contributed by atoms with Crippen molar-refractivity contribution in [3.63, 3.8) is 0 Å². The second-order valence-corrected chi connectivity index (χ2v) is 5.95. The summed E-state index contributed by atoms with van der Waals surface area (Å²) in [6, 6.07) is 8.22. The highest BCUT2D eigenvalue weighted by molar-refractivity contribution is 5.85. The number of nitro groups is 1. The predicted molar refractivity (Wildman–Crippen MR) is 93.0 cm³/mol. The van der Waals surface area contributed by atoms with Gasteiger partial charge >= 0.3 is 11.7 Å². The molecule has 0 unspecified atom stereocenters. The van der Waals surface area contributed by atoms with Crippen LogP contribution in [0.1, 0.15) is 28.7 Å². The first-order valence-corrected chi connectivity index (χ1v) is 7.94. The first-order chi connectivity index (χ1) is 12.0. The third kappa shape index (κ3) is 3.52. The third-order valence-corrected chi connectivity index (χ3v) is 4.29. The molecule has 0 bridgehead atoms. The lowest BCUT2D eigenvalue weighted by molar-refractivity contribution is -0.385. The van der Waals surface area contributed by atoms with Crippen LogP contribution in [-0.4, -0.2) is 16.0 Å². The molecular formula is C19H17NO5. The maximum absolute atomic E-state index is 11.4. The van der Waals surface area contributed by atoms with Gasteiger partial charge in [-0.15, -0.1) is 0 Å². The van der Waals surface area contributed by atoms with Crippen molar-refractivity contribution in [3.8, 4) is 11.5 Å². The number of carbonyl (C=O) groups is 1. The van der Waals surface area contributed by atoms with Gasteiger partial charge in [-0.25, -0.2) is 4.79 Å². The molecule has 0 aromatic heterocycles. The zero-order valence-corrected chi connectivity index (χ0v) is 13.7. The summed E-state index contributed by atoms with van der Waals surface area (Å²) in [5.41, 5.74) is 3.82. The van der Waals surface area contributed by atoms with Crippen LogP contribution in [0.4, 0.5) is 5.69 Å². The third-order valence-electron chi connectivity index (χ3n) is 4.29. The van der Waals surface area contributed by atoms with E-state index in [1.165, 1.54) is 29.3 Å². The average Bonchev–Trinajstić information content (AvgIpc) is 3.07. The summed E-state index contributed by atoms with van der Waals surface area (Å²) in [6.45, 7) is 2.06. The molecule has 0 atom stereocenters. The van der Waals surface area contributed by atoms with Gasteiger partial charge in [0.25, 0.3) is 0 Å². The Morgan fingerprint density at radius 3 is 2.64 bits per heavy atom. The zero-order valence-electron chi connectivity index (χ0n) is 13.7. The van der Waals surface area contributed by atoms with Crippen molar-refractivity contribution in [2.45, 2.75) is 26.2 Å². The Balaban J connectivity index is 1.97. The van der Waals surface area contributed by atoms with Crippen molar-refractivity contribution in [2.24, 2.45) is 0 Å². The summed E-state index contributed by atoms with van der Waals surface area (Å²) in [6.07, 6.45) is 5.20. The maximum atomic E-state index is 11.4. The SMILES string of the molecule is Cc1ccc(Oc2ccc(C=CC(=O)O)cc2[N+](=O)[O-])c2c1CCC2. The van der Waals surface area contributed by atoms with Crippen LogP contribution in [-0.2, 0) is 17.6 Å². The number of fused-ring (bicyclic) bond motifs is 1. The van der Waals surface area contributed by atoms with Gasteiger partial charge in [0.1, 0.15) is 5.75 Å². The molecule has 6 nitrogen and oxygen atoms in total. The minimum atomic E-state index is -1.11. The van der Waals surface area contributed by atoms with Crippen LogP contribution >= 0.6 is 0 Å². The Kier molecular flexibility index (Phi) is 4.52. The van der Waals surface area contributed by atoms with Crippen molar-refractivity contribution in [3.05, 3.63) is 68.8 Å². The molecule has 25 heavy (non-hydrogen) atoms. The molecule has 0 fully saturated rings. The molecule has 0 saturated heterocycles. The van der Waals surface area contributed by atoms with E-state index in [9.17, 15) is 14.9 Å². The molecule has 0 radical (unpaired) electrons. The van der Waals surface area contributed by atoms with Crippen molar-refractivity contribution in [2.75, 3.05) is 0 Å². The number of rotatable bonds is 5. The van der Waals surface area contributed by atoms with Gasteiger partial charge in [-0.3, -0.25) is 10.1 Å². The Bertz CT molecular complexity index is 886. The molecule has 6 heteroatoms. The van der Waals surface area contributed by atoms with Gasteiger partial charge in [-0.05, 0) is 66.6 Å². The van der Waals surface area contributed by atoms with Crippen LogP contribution in [0.15, 0.2) is 36.4 Å². The van der Waals surface area contributed by atoms with Crippen LogP contribution in [0.3, 0.4) is 0 Å². The number of hydrogen-bond acceptors (Lipinski definition) is 4. The van der Waals surface area contributed by atoms with Gasteiger partial charge in [0.2, 0.25) is 5.75 Å². The number of aliphatic carboxylic acids is 1. The van der Waals surface area contributed by atoms with E-state index in [-0.39, 0.29) is 11.4 Å². The van der Waals surface area contributed by atoms with E-state index < -0.39 is 10.9 Å². The van der Waals surface area contributed by atoms with Gasteiger partial charge in [-0.2, -0.15) is 0 Å². The first-order valence-electron chi connectivity index (χ1n) is 7.94. The summed E-state index contributed by atoms with van der Waals surface area (Å²) in [7, 11) is 0. The van der Waals surface area contributed by atoms with Gasteiger partial charge < -0.3 is 9.84 Å². The van der Waals surface area contributed by atoms with Crippen LogP contribution in [0.5, 0.6) is 11.5 Å². The molecule has 3 rings (SSSR count). The number of benzene rings is 2. The number of aryl methyl sites for hydroxylation is 1. The van der Waals surface area contributed by atoms with E-state index in [4.69, 9.17) is 9.84 Å². The van der Waals surface area contributed by atoms with Crippen molar-refractivity contribution < 1.29 is 19.6 Å². The fourth-order valence-corrected chi connectivity index (χ4v) is 3.10. The molecule has 128 valence electrons. The van der Waals surface area contributed by atoms with Gasteiger partial charge in [0, 0.05) is 12.1 Å². The highest BCUT2D eigenvalue weighted by atomic mass is 16.6. The van der Waals surface area contributed by atoms with Crippen molar-refractivity contribution >= 4 is 17.7 Å². The van der Waals surface area contributed by atoms with Crippen LogP contribution < -0.4 is 4.74 Å². The lowest BCUT2D eigenvalue weighted by atomic mass is 10.0. The summed E-state index contributed by atoms with van der Waals surface area (Å²) < 4.78 is 5.87. The highest BCUT2D eigenvalue weighted by Crippen LogP contribution is 2.38. The first kappa shape index (κ1) is 16.7. The standard InChI is InChI=1S/C19H17NO5/c1-12-5-8-17(15-4-2-3-14(12)15)25-18-9-6-13(7-10-19(21)22)11-16(18)20(23)24/h5-11H,2-4H2,1H3,(H,21,22). The maximum Gasteiger partial charge on any atom is 0.328 e. The molecule has 0 saturated carbocycles. The smallest absolute Gasteiger partial charge is 0.328 e. The predicted octanol–water partition coefficient (Wildman–Crippen LogP) is 4.28. The molecule has 0 spiro atoms. The zero-order chi connectivity index (χ0) is 18.0. The topological polar surface area (TPSA) is 89.7 Å². The minimum Gasteiger partial charge on any atom is -0.478 e. The fraction of sp³-hybridized carbons (Fsp3) is 0.211. The van der Waals surface area contributed by atoms with Crippen LogP contribution in [0.25, 0.3) is 6.08 Å². The van der Waals surface area contributed by atoms with Crippen molar-refractivity contribution in [1.82, 2.24) is 0 Å². The molecule has 1 aliphatic carbocycles. The number of nitro benzene ring substituents is 1. The largest absolute Gasteiger partial charge is 0.478 e. The molecule has 0 heterocycles. The lowest BCUT2D eigenvalue weighted by Crippen LogP contribution is -1.97. The van der Waals surface area contributed by atoms with Gasteiger partial charge in [0.15, 0.2) is 0 Å². The molecule has 1 N–H and O–H groups in total. The van der Waals surface area contributed by atoms with E-state index in [0.717, 1.165) is 30.9 Å². The minimum absolute atomic E-state index is 0.149. The second-order valence-electron chi connectivity index (χ2n) is 5.95. The van der Waals surface area contributed by atoms with E-state index in [1.807, 2.05) is 12.1 Å². The fourth-order valence-electron chi connectivity index (χ4n) is 3.10.